The predicted octanol–water partition coefficient (Wildman–Crippen LogP) is 2.84. The minimum atomic E-state index is -0.454. The first-order valence-corrected chi connectivity index (χ1v) is 9.61. The summed E-state index contributed by atoms with van der Waals surface area (Å²) < 4.78 is 6.87. The maximum Gasteiger partial charge on any atom is 0.306 e. The van der Waals surface area contributed by atoms with Gasteiger partial charge in [0.15, 0.2) is 12.3 Å². The SMILES string of the molecule is Cc1cc2nc(C)c(CCC(=O)OCC(=O)Nc3ccc(CC#N)cc3)c(C)n2n1. The molecule has 1 aromatic carbocycles. The van der Waals surface area contributed by atoms with E-state index in [1.807, 2.05) is 26.8 Å². The van der Waals surface area contributed by atoms with Gasteiger partial charge in [0.2, 0.25) is 0 Å². The van der Waals surface area contributed by atoms with Crippen LogP contribution in [0.4, 0.5) is 5.69 Å². The zero-order chi connectivity index (χ0) is 21.7. The second-order valence-corrected chi connectivity index (χ2v) is 7.06. The predicted molar refractivity (Wildman–Crippen MR) is 111 cm³/mol. The zero-order valence-electron chi connectivity index (χ0n) is 17.2. The number of nitrogens with zero attached hydrogens (tertiary/aromatic N) is 4. The van der Waals surface area contributed by atoms with E-state index in [1.54, 1.807) is 28.8 Å². The molecule has 30 heavy (non-hydrogen) atoms. The summed E-state index contributed by atoms with van der Waals surface area (Å²) in [7, 11) is 0. The van der Waals surface area contributed by atoms with E-state index in [4.69, 9.17) is 10.00 Å². The van der Waals surface area contributed by atoms with E-state index in [-0.39, 0.29) is 13.0 Å². The topological polar surface area (TPSA) is 109 Å². The number of hydrogen-bond donors (Lipinski definition) is 1. The van der Waals surface area contributed by atoms with E-state index < -0.39 is 11.9 Å². The van der Waals surface area contributed by atoms with Gasteiger partial charge in [-0.15, -0.1) is 0 Å². The van der Waals surface area contributed by atoms with Gasteiger partial charge in [-0.1, -0.05) is 12.1 Å². The van der Waals surface area contributed by atoms with Gasteiger partial charge in [0.25, 0.3) is 5.91 Å². The standard InChI is InChI=1S/C22H23N5O3/c1-14-12-20-24-15(2)19(16(3)27(20)26-14)8-9-22(29)30-13-21(28)25-18-6-4-17(5-7-18)10-11-23/h4-7,12H,8-10,13H2,1-3H3,(H,25,28). The first-order valence-electron chi connectivity index (χ1n) is 9.61. The summed E-state index contributed by atoms with van der Waals surface area (Å²) in [5.41, 5.74) is 5.85. The van der Waals surface area contributed by atoms with Gasteiger partial charge in [0, 0.05) is 29.6 Å². The third-order valence-electron chi connectivity index (χ3n) is 4.75. The summed E-state index contributed by atoms with van der Waals surface area (Å²) in [6.07, 6.45) is 0.915. The molecule has 154 valence electrons. The van der Waals surface area contributed by atoms with Crippen LogP contribution in [0.1, 0.15) is 34.6 Å². The number of nitrogens with one attached hydrogen (secondary N) is 1. The van der Waals surface area contributed by atoms with Crippen LogP contribution >= 0.6 is 0 Å². The van der Waals surface area contributed by atoms with Crippen molar-refractivity contribution in [2.24, 2.45) is 0 Å². The second-order valence-electron chi connectivity index (χ2n) is 7.06. The number of fused-ring (bicyclic) bond motifs is 1. The van der Waals surface area contributed by atoms with Crippen molar-refractivity contribution in [1.29, 1.82) is 5.26 Å². The van der Waals surface area contributed by atoms with E-state index in [1.165, 1.54) is 0 Å². The summed E-state index contributed by atoms with van der Waals surface area (Å²) >= 11 is 0. The van der Waals surface area contributed by atoms with Gasteiger partial charge in [-0.05, 0) is 50.5 Å². The van der Waals surface area contributed by atoms with Crippen molar-refractivity contribution in [2.45, 2.75) is 40.0 Å². The summed E-state index contributed by atoms with van der Waals surface area (Å²) in [5, 5.41) is 15.8. The Kier molecular flexibility index (Phi) is 6.42. The number of nitriles is 1. The molecule has 0 aliphatic rings. The summed E-state index contributed by atoms with van der Waals surface area (Å²) in [5.74, 6) is -0.871. The fourth-order valence-corrected chi connectivity index (χ4v) is 3.24. The van der Waals surface area contributed by atoms with Gasteiger partial charge in [-0.2, -0.15) is 10.4 Å². The molecule has 8 nitrogen and oxygen atoms in total. The Balaban J connectivity index is 1.51. The number of anilines is 1. The van der Waals surface area contributed by atoms with Crippen LogP contribution in [0.5, 0.6) is 0 Å². The fraction of sp³-hybridized carbons (Fsp3) is 0.318. The molecule has 0 atom stereocenters. The molecule has 0 fully saturated rings. The van der Waals surface area contributed by atoms with Crippen molar-refractivity contribution in [2.75, 3.05) is 11.9 Å². The highest BCUT2D eigenvalue weighted by molar-refractivity contribution is 5.92. The van der Waals surface area contributed by atoms with Crippen LogP contribution in [0.15, 0.2) is 30.3 Å². The monoisotopic (exact) mass is 405 g/mol. The number of benzene rings is 1. The largest absolute Gasteiger partial charge is 0.456 e. The van der Waals surface area contributed by atoms with Crippen LogP contribution in [-0.2, 0) is 27.2 Å². The Morgan fingerprint density at radius 1 is 1.20 bits per heavy atom. The van der Waals surface area contributed by atoms with E-state index >= 15 is 0 Å². The Morgan fingerprint density at radius 3 is 2.63 bits per heavy atom. The first-order chi connectivity index (χ1) is 14.4. The van der Waals surface area contributed by atoms with Crippen LogP contribution in [-0.4, -0.2) is 33.1 Å². The Bertz CT molecular complexity index is 1130. The lowest BCUT2D eigenvalue weighted by Gasteiger charge is -2.11. The molecule has 1 amide bonds. The molecule has 2 heterocycles. The molecule has 3 aromatic rings. The molecule has 2 aromatic heterocycles. The highest BCUT2D eigenvalue weighted by Gasteiger charge is 2.14. The fourth-order valence-electron chi connectivity index (χ4n) is 3.24. The number of amides is 1. The minimum absolute atomic E-state index is 0.144. The van der Waals surface area contributed by atoms with E-state index in [2.05, 4.69) is 21.5 Å². The molecule has 0 saturated carbocycles. The van der Waals surface area contributed by atoms with Crippen LogP contribution in [0.2, 0.25) is 0 Å². The normalized spacial score (nSPS) is 10.6. The quantitative estimate of drug-likeness (QED) is 0.605. The van der Waals surface area contributed by atoms with Gasteiger partial charge in [-0.3, -0.25) is 9.59 Å². The van der Waals surface area contributed by atoms with Crippen molar-refractivity contribution in [3.8, 4) is 6.07 Å². The maximum absolute atomic E-state index is 12.1. The first kappa shape index (κ1) is 21.0. The van der Waals surface area contributed by atoms with Gasteiger partial charge >= 0.3 is 5.97 Å². The average molecular weight is 405 g/mol. The van der Waals surface area contributed by atoms with Gasteiger partial charge in [0.05, 0.1) is 18.2 Å². The third kappa shape index (κ3) is 5.00. The van der Waals surface area contributed by atoms with E-state index in [0.717, 1.165) is 33.9 Å². The number of hydrogen-bond acceptors (Lipinski definition) is 6. The van der Waals surface area contributed by atoms with E-state index in [0.29, 0.717) is 18.5 Å². The lowest BCUT2D eigenvalue weighted by atomic mass is 10.1. The van der Waals surface area contributed by atoms with Gasteiger partial charge in [-0.25, -0.2) is 9.50 Å². The highest BCUT2D eigenvalue weighted by atomic mass is 16.5. The highest BCUT2D eigenvalue weighted by Crippen LogP contribution is 2.17. The second kappa shape index (κ2) is 9.18. The Hall–Kier alpha value is -3.73. The number of carbonyl (C=O) groups is 2. The number of aromatic nitrogens is 3. The van der Waals surface area contributed by atoms with Crippen LogP contribution in [0, 0.1) is 32.1 Å². The maximum atomic E-state index is 12.1. The minimum Gasteiger partial charge on any atom is -0.456 e. The van der Waals surface area contributed by atoms with Gasteiger partial charge in [0.1, 0.15) is 0 Å². The number of esters is 1. The number of aryl methyl sites for hydroxylation is 3. The molecule has 0 saturated heterocycles. The van der Waals surface area contributed by atoms with Crippen molar-refractivity contribution in [1.82, 2.24) is 14.6 Å². The smallest absolute Gasteiger partial charge is 0.306 e. The summed E-state index contributed by atoms with van der Waals surface area (Å²) in [6, 6.07) is 10.9. The van der Waals surface area contributed by atoms with Crippen LogP contribution in [0.3, 0.4) is 0 Å². The van der Waals surface area contributed by atoms with Crippen molar-refractivity contribution in [3.63, 3.8) is 0 Å². The van der Waals surface area contributed by atoms with Crippen molar-refractivity contribution >= 4 is 23.2 Å². The molecule has 0 spiro atoms. The molecule has 3 rings (SSSR count). The number of rotatable bonds is 7. The van der Waals surface area contributed by atoms with Crippen molar-refractivity contribution in [3.05, 3.63) is 58.5 Å². The molecule has 0 unspecified atom stereocenters. The summed E-state index contributed by atoms with van der Waals surface area (Å²) in [6.45, 7) is 5.41. The molecular formula is C22H23N5O3. The summed E-state index contributed by atoms with van der Waals surface area (Å²) in [4.78, 5) is 28.6. The molecule has 1 N–H and O–H groups in total. The molecule has 8 heteroatoms. The zero-order valence-corrected chi connectivity index (χ0v) is 17.2. The van der Waals surface area contributed by atoms with Gasteiger partial charge < -0.3 is 10.1 Å². The lowest BCUT2D eigenvalue weighted by Crippen LogP contribution is -2.21. The molecule has 0 aliphatic carbocycles. The van der Waals surface area contributed by atoms with E-state index in [9.17, 15) is 9.59 Å². The lowest BCUT2D eigenvalue weighted by molar-refractivity contribution is -0.147. The Labute approximate surface area is 174 Å². The molecule has 0 aliphatic heterocycles. The van der Waals surface area contributed by atoms with Crippen LogP contribution in [0.25, 0.3) is 5.65 Å². The average Bonchev–Trinajstić information content (AvgIpc) is 3.08. The number of ether oxygens (including phenoxy) is 1. The van der Waals surface area contributed by atoms with Crippen LogP contribution < -0.4 is 5.32 Å². The Morgan fingerprint density at radius 2 is 1.93 bits per heavy atom. The number of carbonyl (C=O) groups excluding carboxylic acids is 2. The molecule has 0 radical (unpaired) electrons. The van der Waals surface area contributed by atoms with Crippen molar-refractivity contribution < 1.29 is 14.3 Å². The molecular weight excluding hydrogens is 382 g/mol. The third-order valence-corrected chi connectivity index (χ3v) is 4.75. The molecule has 0 bridgehead atoms.